The van der Waals surface area contributed by atoms with Crippen LogP contribution in [0.4, 0.5) is 4.79 Å². The Labute approximate surface area is 183 Å². The molecule has 2 amide bonds. The maximum absolute atomic E-state index is 13.0. The van der Waals surface area contributed by atoms with E-state index in [-0.39, 0.29) is 12.5 Å². The SMILES string of the molecule is N#CC(NC(=O)[C@H](CC1CCCCC1)NC(=O)OCc1ccccc1)c1ccccc1. The Morgan fingerprint density at radius 2 is 1.61 bits per heavy atom. The van der Waals surface area contributed by atoms with Crippen molar-refractivity contribution in [2.24, 2.45) is 5.92 Å². The zero-order valence-corrected chi connectivity index (χ0v) is 17.6. The lowest BCUT2D eigenvalue weighted by molar-refractivity contribution is -0.124. The smallest absolute Gasteiger partial charge is 0.408 e. The van der Waals surface area contributed by atoms with Gasteiger partial charge in [0.15, 0.2) is 0 Å². The first kappa shape index (κ1) is 22.4. The van der Waals surface area contributed by atoms with Crippen LogP contribution < -0.4 is 10.6 Å². The fourth-order valence-electron chi connectivity index (χ4n) is 3.97. The largest absolute Gasteiger partial charge is 0.445 e. The van der Waals surface area contributed by atoms with Crippen molar-refractivity contribution in [1.82, 2.24) is 10.6 Å². The monoisotopic (exact) mass is 419 g/mol. The fourth-order valence-corrected chi connectivity index (χ4v) is 3.97. The molecule has 0 aliphatic heterocycles. The van der Waals surface area contributed by atoms with Gasteiger partial charge in [-0.15, -0.1) is 0 Å². The molecule has 0 bridgehead atoms. The van der Waals surface area contributed by atoms with Crippen LogP contribution in [0.5, 0.6) is 0 Å². The molecule has 1 fully saturated rings. The van der Waals surface area contributed by atoms with Crippen molar-refractivity contribution in [3.8, 4) is 6.07 Å². The van der Waals surface area contributed by atoms with Crippen LogP contribution in [0.15, 0.2) is 60.7 Å². The number of nitrogens with one attached hydrogen (secondary N) is 2. The summed E-state index contributed by atoms with van der Waals surface area (Å²) in [6.45, 7) is 0.134. The molecule has 1 unspecified atom stereocenters. The number of hydrogen-bond acceptors (Lipinski definition) is 4. The highest BCUT2D eigenvalue weighted by atomic mass is 16.5. The lowest BCUT2D eigenvalue weighted by Crippen LogP contribution is -2.48. The zero-order chi connectivity index (χ0) is 21.9. The number of nitrogens with zero attached hydrogens (tertiary/aromatic N) is 1. The predicted octanol–water partition coefficient (Wildman–Crippen LogP) is 4.63. The minimum Gasteiger partial charge on any atom is -0.445 e. The molecule has 0 saturated heterocycles. The first-order chi connectivity index (χ1) is 15.2. The van der Waals surface area contributed by atoms with E-state index >= 15 is 0 Å². The molecule has 0 heterocycles. The third-order valence-electron chi connectivity index (χ3n) is 5.66. The second-order valence-corrected chi connectivity index (χ2v) is 7.98. The van der Waals surface area contributed by atoms with Crippen LogP contribution in [-0.4, -0.2) is 18.0 Å². The van der Waals surface area contributed by atoms with Gasteiger partial charge in [-0.3, -0.25) is 4.79 Å². The maximum atomic E-state index is 13.0. The number of benzene rings is 2. The van der Waals surface area contributed by atoms with E-state index in [4.69, 9.17) is 4.74 Å². The lowest BCUT2D eigenvalue weighted by atomic mass is 9.84. The zero-order valence-electron chi connectivity index (χ0n) is 17.6. The minimum atomic E-state index is -0.773. The highest BCUT2D eigenvalue weighted by Gasteiger charge is 2.28. The number of rotatable bonds is 8. The summed E-state index contributed by atoms with van der Waals surface area (Å²) in [6.07, 6.45) is 5.50. The van der Waals surface area contributed by atoms with E-state index in [2.05, 4.69) is 16.7 Å². The summed E-state index contributed by atoms with van der Waals surface area (Å²) in [4.78, 5) is 25.5. The number of hydrogen-bond donors (Lipinski definition) is 2. The molecule has 2 aromatic carbocycles. The highest BCUT2D eigenvalue weighted by molar-refractivity contribution is 5.86. The quantitative estimate of drug-likeness (QED) is 0.652. The van der Waals surface area contributed by atoms with Crippen molar-refractivity contribution in [1.29, 1.82) is 5.26 Å². The van der Waals surface area contributed by atoms with Gasteiger partial charge in [-0.1, -0.05) is 92.8 Å². The average molecular weight is 420 g/mol. The Bertz CT molecular complexity index is 874. The van der Waals surface area contributed by atoms with Crippen LogP contribution >= 0.6 is 0 Å². The van der Waals surface area contributed by atoms with E-state index in [1.807, 2.05) is 48.5 Å². The van der Waals surface area contributed by atoms with Crippen LogP contribution in [-0.2, 0) is 16.1 Å². The number of nitriles is 1. The van der Waals surface area contributed by atoms with Gasteiger partial charge in [0.2, 0.25) is 5.91 Å². The molecule has 3 rings (SSSR count). The van der Waals surface area contributed by atoms with Gasteiger partial charge < -0.3 is 15.4 Å². The van der Waals surface area contributed by atoms with Crippen LogP contribution in [0.3, 0.4) is 0 Å². The second kappa shape index (κ2) is 11.8. The van der Waals surface area contributed by atoms with Gasteiger partial charge in [0.05, 0.1) is 6.07 Å². The Balaban J connectivity index is 1.63. The summed E-state index contributed by atoms with van der Waals surface area (Å²) in [6, 6.07) is 19.1. The summed E-state index contributed by atoms with van der Waals surface area (Å²) in [5.74, 6) is 0.00817. The number of alkyl carbamates (subject to hydrolysis) is 1. The predicted molar refractivity (Wildman–Crippen MR) is 118 cm³/mol. The molecule has 2 N–H and O–H groups in total. The first-order valence-corrected chi connectivity index (χ1v) is 10.9. The van der Waals surface area contributed by atoms with Gasteiger partial charge in [0.25, 0.3) is 0 Å². The summed E-state index contributed by atoms with van der Waals surface area (Å²) < 4.78 is 5.32. The third-order valence-corrected chi connectivity index (χ3v) is 5.66. The number of carbonyl (C=O) groups is 2. The number of amides is 2. The molecular weight excluding hydrogens is 390 g/mol. The van der Waals surface area contributed by atoms with E-state index in [1.165, 1.54) is 6.42 Å². The van der Waals surface area contributed by atoms with Crippen LogP contribution in [0.25, 0.3) is 0 Å². The van der Waals surface area contributed by atoms with Gasteiger partial charge in [-0.25, -0.2) is 4.79 Å². The van der Waals surface area contributed by atoms with Gasteiger partial charge >= 0.3 is 6.09 Å². The van der Waals surface area contributed by atoms with Crippen LogP contribution in [0, 0.1) is 17.2 Å². The summed E-state index contributed by atoms with van der Waals surface area (Å²) in [5, 5.41) is 15.1. The minimum absolute atomic E-state index is 0.134. The third kappa shape index (κ3) is 7.14. The van der Waals surface area contributed by atoms with Gasteiger partial charge in [0, 0.05) is 0 Å². The fraction of sp³-hybridized carbons (Fsp3) is 0.400. The van der Waals surface area contributed by atoms with Crippen LogP contribution in [0.1, 0.15) is 55.7 Å². The number of carbonyl (C=O) groups excluding carboxylic acids is 2. The van der Waals surface area contributed by atoms with E-state index in [0.29, 0.717) is 17.9 Å². The molecular formula is C25H29N3O3. The van der Waals surface area contributed by atoms with Crippen LogP contribution in [0.2, 0.25) is 0 Å². The van der Waals surface area contributed by atoms with Crippen molar-refractivity contribution in [2.45, 2.75) is 57.2 Å². The summed E-state index contributed by atoms with van der Waals surface area (Å²) in [7, 11) is 0. The molecule has 6 nitrogen and oxygen atoms in total. The molecule has 0 aromatic heterocycles. The van der Waals surface area contributed by atoms with Crippen molar-refractivity contribution in [2.75, 3.05) is 0 Å². The van der Waals surface area contributed by atoms with E-state index < -0.39 is 18.2 Å². The van der Waals surface area contributed by atoms with Crippen molar-refractivity contribution >= 4 is 12.0 Å². The van der Waals surface area contributed by atoms with E-state index in [0.717, 1.165) is 31.2 Å². The number of ether oxygens (including phenoxy) is 1. The van der Waals surface area contributed by atoms with E-state index in [1.54, 1.807) is 12.1 Å². The van der Waals surface area contributed by atoms with Crippen molar-refractivity contribution < 1.29 is 14.3 Å². The summed E-state index contributed by atoms with van der Waals surface area (Å²) >= 11 is 0. The van der Waals surface area contributed by atoms with Crippen molar-refractivity contribution in [3.63, 3.8) is 0 Å². The molecule has 162 valence electrons. The molecule has 31 heavy (non-hydrogen) atoms. The molecule has 2 aromatic rings. The Hall–Kier alpha value is -3.33. The van der Waals surface area contributed by atoms with Crippen molar-refractivity contribution in [3.05, 3.63) is 71.8 Å². The molecule has 0 radical (unpaired) electrons. The normalized spacial score (nSPS) is 15.8. The Morgan fingerprint density at radius 3 is 2.26 bits per heavy atom. The molecule has 6 heteroatoms. The average Bonchev–Trinajstić information content (AvgIpc) is 2.82. The second-order valence-electron chi connectivity index (χ2n) is 7.98. The standard InChI is InChI=1S/C25H29N3O3/c26-17-23(21-14-8-3-9-15-21)27-24(29)22(16-19-10-4-1-5-11-19)28-25(30)31-18-20-12-6-2-7-13-20/h2-3,6-9,12-15,19,22-23H,1,4-5,10-11,16,18H2,(H,27,29)(H,28,30)/t22-,23?/m0/s1. The highest BCUT2D eigenvalue weighted by Crippen LogP contribution is 2.27. The maximum Gasteiger partial charge on any atom is 0.408 e. The first-order valence-electron chi connectivity index (χ1n) is 10.9. The molecule has 1 aliphatic carbocycles. The Kier molecular flexibility index (Phi) is 8.48. The molecule has 0 spiro atoms. The van der Waals surface area contributed by atoms with Gasteiger partial charge in [-0.05, 0) is 23.5 Å². The summed E-state index contributed by atoms with van der Waals surface area (Å²) in [5.41, 5.74) is 1.58. The Morgan fingerprint density at radius 1 is 0.968 bits per heavy atom. The van der Waals surface area contributed by atoms with E-state index in [9.17, 15) is 14.9 Å². The van der Waals surface area contributed by atoms with Gasteiger partial charge in [0.1, 0.15) is 18.7 Å². The lowest BCUT2D eigenvalue weighted by Gasteiger charge is -2.27. The topological polar surface area (TPSA) is 91.2 Å². The molecule has 2 atom stereocenters. The molecule has 1 saturated carbocycles. The molecule has 1 aliphatic rings. The van der Waals surface area contributed by atoms with Gasteiger partial charge in [-0.2, -0.15) is 5.26 Å².